The van der Waals surface area contributed by atoms with Crippen molar-refractivity contribution in [1.82, 2.24) is 9.80 Å². The molecule has 0 radical (unpaired) electrons. The number of carbonyl (C=O) groups is 2. The van der Waals surface area contributed by atoms with Gasteiger partial charge in [-0.2, -0.15) is 0 Å². The van der Waals surface area contributed by atoms with Gasteiger partial charge in [0.25, 0.3) is 5.91 Å². The fourth-order valence-corrected chi connectivity index (χ4v) is 4.64. The molecule has 1 aromatic rings. The highest BCUT2D eigenvalue weighted by Gasteiger charge is 2.36. The van der Waals surface area contributed by atoms with Crippen molar-refractivity contribution in [3.8, 4) is 0 Å². The highest BCUT2D eigenvalue weighted by atomic mass is 16.2. The Balaban J connectivity index is 1.70. The topological polar surface area (TPSA) is 66.6 Å². The minimum atomic E-state index is -0.101. The predicted molar refractivity (Wildman–Crippen MR) is 107 cm³/mol. The van der Waals surface area contributed by atoms with E-state index in [1.54, 1.807) is 0 Å². The van der Waals surface area contributed by atoms with Crippen LogP contribution < -0.4 is 5.73 Å². The first-order valence-corrected chi connectivity index (χ1v) is 10.3. The molecule has 148 valence electrons. The van der Waals surface area contributed by atoms with Gasteiger partial charge in [0.05, 0.1) is 5.92 Å². The van der Waals surface area contributed by atoms with Gasteiger partial charge < -0.3 is 15.5 Å². The molecule has 0 aromatic heterocycles. The molecule has 2 heterocycles. The average Bonchev–Trinajstić information content (AvgIpc) is 2.66. The predicted octanol–water partition coefficient (Wildman–Crippen LogP) is 2.74. The number of carbonyl (C=O) groups excluding carboxylic acids is 2. The Morgan fingerprint density at radius 3 is 2.48 bits per heavy atom. The lowest BCUT2D eigenvalue weighted by molar-refractivity contribution is -0.141. The van der Waals surface area contributed by atoms with Gasteiger partial charge in [-0.15, -0.1) is 0 Å². The molecule has 1 aromatic carbocycles. The summed E-state index contributed by atoms with van der Waals surface area (Å²) in [4.78, 5) is 30.0. The zero-order chi connectivity index (χ0) is 19.6. The molecule has 3 atom stereocenters. The molecule has 3 unspecified atom stereocenters. The quantitative estimate of drug-likeness (QED) is 0.888. The van der Waals surface area contributed by atoms with Gasteiger partial charge in [0, 0.05) is 37.8 Å². The van der Waals surface area contributed by atoms with Crippen LogP contribution in [0.25, 0.3) is 0 Å². The van der Waals surface area contributed by atoms with Crippen LogP contribution in [-0.4, -0.2) is 53.8 Å². The molecule has 2 N–H and O–H groups in total. The summed E-state index contributed by atoms with van der Waals surface area (Å²) in [5.74, 6) is 0.755. The molecule has 2 fully saturated rings. The van der Waals surface area contributed by atoms with E-state index >= 15 is 0 Å². The fourth-order valence-electron chi connectivity index (χ4n) is 4.64. The monoisotopic (exact) mass is 371 g/mol. The Bertz CT molecular complexity index is 683. The van der Waals surface area contributed by atoms with Crippen molar-refractivity contribution >= 4 is 11.8 Å². The second-order valence-corrected chi connectivity index (χ2v) is 8.52. The van der Waals surface area contributed by atoms with Crippen molar-refractivity contribution < 1.29 is 9.59 Å². The molecule has 5 heteroatoms. The molecule has 0 aliphatic carbocycles. The molecular weight excluding hydrogens is 338 g/mol. The molecule has 2 aliphatic heterocycles. The van der Waals surface area contributed by atoms with Crippen LogP contribution in [0.3, 0.4) is 0 Å². The van der Waals surface area contributed by atoms with Crippen molar-refractivity contribution in [3.63, 3.8) is 0 Å². The standard InChI is InChI=1S/C22H33N3O2/c1-15-6-8-25(20(12-15)13-23)22(27)18-5-4-7-24(14-18)21(26)19-10-16(2)9-17(3)11-19/h9-11,15,18,20H,4-8,12-14,23H2,1-3H3. The van der Waals surface area contributed by atoms with Gasteiger partial charge in [0.15, 0.2) is 0 Å². The number of nitrogens with two attached hydrogens (primary N) is 1. The van der Waals surface area contributed by atoms with E-state index in [1.807, 2.05) is 35.8 Å². The van der Waals surface area contributed by atoms with Crippen LogP contribution in [0.15, 0.2) is 18.2 Å². The van der Waals surface area contributed by atoms with Gasteiger partial charge in [-0.05, 0) is 57.6 Å². The number of aryl methyl sites for hydroxylation is 2. The van der Waals surface area contributed by atoms with E-state index in [0.717, 1.165) is 55.5 Å². The number of nitrogens with zero attached hydrogens (tertiary/aromatic N) is 2. The summed E-state index contributed by atoms with van der Waals surface area (Å²) in [5, 5.41) is 0. The maximum absolute atomic E-state index is 13.2. The Morgan fingerprint density at radius 2 is 1.81 bits per heavy atom. The van der Waals surface area contributed by atoms with E-state index in [1.165, 1.54) is 0 Å². The minimum absolute atomic E-state index is 0.0435. The van der Waals surface area contributed by atoms with Crippen LogP contribution in [0.5, 0.6) is 0 Å². The Hall–Kier alpha value is -1.88. The number of piperidine rings is 2. The second-order valence-electron chi connectivity index (χ2n) is 8.52. The van der Waals surface area contributed by atoms with E-state index in [0.29, 0.717) is 19.0 Å². The van der Waals surface area contributed by atoms with Crippen molar-refractivity contribution in [2.75, 3.05) is 26.2 Å². The van der Waals surface area contributed by atoms with Crippen LogP contribution in [0.4, 0.5) is 0 Å². The number of amides is 2. The summed E-state index contributed by atoms with van der Waals surface area (Å²) < 4.78 is 0. The molecule has 5 nitrogen and oxygen atoms in total. The molecule has 0 spiro atoms. The number of rotatable bonds is 3. The van der Waals surface area contributed by atoms with Crippen LogP contribution >= 0.6 is 0 Å². The van der Waals surface area contributed by atoms with E-state index in [2.05, 4.69) is 13.0 Å². The fraction of sp³-hybridized carbons (Fsp3) is 0.636. The third-order valence-electron chi connectivity index (χ3n) is 6.06. The van der Waals surface area contributed by atoms with Crippen molar-refractivity contribution in [1.29, 1.82) is 0 Å². The van der Waals surface area contributed by atoms with Crippen molar-refractivity contribution in [2.45, 2.75) is 52.5 Å². The summed E-state index contributed by atoms with van der Waals surface area (Å²) in [5.41, 5.74) is 8.86. The van der Waals surface area contributed by atoms with Crippen LogP contribution in [0.2, 0.25) is 0 Å². The largest absolute Gasteiger partial charge is 0.338 e. The number of likely N-dealkylation sites (tertiary alicyclic amines) is 2. The van der Waals surface area contributed by atoms with E-state index in [4.69, 9.17) is 5.73 Å². The SMILES string of the molecule is Cc1cc(C)cc(C(=O)N2CCCC(C(=O)N3CCC(C)CC3CN)C2)c1. The molecule has 2 saturated heterocycles. The molecule has 3 rings (SSSR count). The summed E-state index contributed by atoms with van der Waals surface area (Å²) in [6.45, 7) is 8.82. The molecule has 0 saturated carbocycles. The van der Waals surface area contributed by atoms with Crippen LogP contribution in [0, 0.1) is 25.7 Å². The normalized spacial score (nSPS) is 26.1. The summed E-state index contributed by atoms with van der Waals surface area (Å²) in [6, 6.07) is 6.10. The maximum atomic E-state index is 13.2. The zero-order valence-corrected chi connectivity index (χ0v) is 16.9. The zero-order valence-electron chi connectivity index (χ0n) is 16.9. The Labute approximate surface area is 162 Å². The summed E-state index contributed by atoms with van der Waals surface area (Å²) >= 11 is 0. The van der Waals surface area contributed by atoms with Crippen molar-refractivity contribution in [2.24, 2.45) is 17.6 Å². The lowest BCUT2D eigenvalue weighted by atomic mass is 9.89. The van der Waals surface area contributed by atoms with E-state index in [-0.39, 0.29) is 23.8 Å². The number of benzene rings is 1. The number of hydrogen-bond donors (Lipinski definition) is 1. The van der Waals surface area contributed by atoms with Crippen LogP contribution in [0.1, 0.15) is 54.1 Å². The summed E-state index contributed by atoms with van der Waals surface area (Å²) in [6.07, 6.45) is 3.77. The molecule has 27 heavy (non-hydrogen) atoms. The van der Waals surface area contributed by atoms with Gasteiger partial charge in [-0.3, -0.25) is 9.59 Å². The first kappa shape index (κ1) is 19.9. The van der Waals surface area contributed by atoms with E-state index in [9.17, 15) is 9.59 Å². The Kier molecular flexibility index (Phi) is 6.20. The van der Waals surface area contributed by atoms with Gasteiger partial charge >= 0.3 is 0 Å². The maximum Gasteiger partial charge on any atom is 0.253 e. The first-order valence-electron chi connectivity index (χ1n) is 10.3. The second kappa shape index (κ2) is 8.42. The highest BCUT2D eigenvalue weighted by Crippen LogP contribution is 2.27. The molecular formula is C22H33N3O2. The summed E-state index contributed by atoms with van der Waals surface area (Å²) in [7, 11) is 0. The molecule has 2 aliphatic rings. The highest BCUT2D eigenvalue weighted by molar-refractivity contribution is 5.95. The lowest BCUT2D eigenvalue weighted by Gasteiger charge is -2.41. The third-order valence-corrected chi connectivity index (χ3v) is 6.06. The molecule has 2 amide bonds. The third kappa shape index (κ3) is 4.52. The van der Waals surface area contributed by atoms with Gasteiger partial charge in [-0.25, -0.2) is 0 Å². The lowest BCUT2D eigenvalue weighted by Crippen LogP contribution is -2.54. The minimum Gasteiger partial charge on any atom is -0.338 e. The number of hydrogen-bond acceptors (Lipinski definition) is 3. The molecule has 0 bridgehead atoms. The van der Waals surface area contributed by atoms with E-state index < -0.39 is 0 Å². The van der Waals surface area contributed by atoms with Gasteiger partial charge in [-0.1, -0.05) is 24.1 Å². The van der Waals surface area contributed by atoms with Crippen LogP contribution in [-0.2, 0) is 4.79 Å². The average molecular weight is 372 g/mol. The van der Waals surface area contributed by atoms with Gasteiger partial charge in [0.2, 0.25) is 5.91 Å². The first-order chi connectivity index (χ1) is 12.9. The van der Waals surface area contributed by atoms with Crippen molar-refractivity contribution in [3.05, 3.63) is 34.9 Å². The Morgan fingerprint density at radius 1 is 1.11 bits per heavy atom. The smallest absolute Gasteiger partial charge is 0.253 e. The van der Waals surface area contributed by atoms with Gasteiger partial charge in [0.1, 0.15) is 0 Å².